The van der Waals surface area contributed by atoms with E-state index in [2.05, 4.69) is 65.3 Å². The summed E-state index contributed by atoms with van der Waals surface area (Å²) in [5.41, 5.74) is 1.30. The fourth-order valence-corrected chi connectivity index (χ4v) is 3.84. The number of fused-ring (bicyclic) bond motifs is 1. The van der Waals surface area contributed by atoms with Crippen molar-refractivity contribution in [2.45, 2.75) is 46.2 Å². The molecular weight excluding hydrogens is 352 g/mol. The van der Waals surface area contributed by atoms with Crippen molar-refractivity contribution >= 4 is 22.7 Å². The molecule has 28 heavy (non-hydrogen) atoms. The SMILES string of the molecule is CC(C)(C)CN1CCNC(=O)C1CC(=O)NCCCn1ccc2ccccc21. The first-order chi connectivity index (χ1) is 13.3. The Morgan fingerprint density at radius 2 is 2.04 bits per heavy atom. The number of aryl methyl sites for hydroxylation is 1. The van der Waals surface area contributed by atoms with E-state index < -0.39 is 0 Å². The highest BCUT2D eigenvalue weighted by Crippen LogP contribution is 2.19. The third-order valence-corrected chi connectivity index (χ3v) is 5.08. The van der Waals surface area contributed by atoms with Crippen LogP contribution in [0.25, 0.3) is 10.9 Å². The van der Waals surface area contributed by atoms with Crippen LogP contribution in [-0.2, 0) is 16.1 Å². The normalized spacial score (nSPS) is 18.2. The first-order valence-corrected chi connectivity index (χ1v) is 10.2. The summed E-state index contributed by atoms with van der Waals surface area (Å²) in [6, 6.07) is 10.0. The highest BCUT2D eigenvalue weighted by Gasteiger charge is 2.33. The van der Waals surface area contributed by atoms with Crippen LogP contribution in [0.4, 0.5) is 0 Å². The zero-order valence-electron chi connectivity index (χ0n) is 17.2. The van der Waals surface area contributed by atoms with Gasteiger partial charge in [-0.1, -0.05) is 39.0 Å². The first kappa shape index (κ1) is 20.4. The van der Waals surface area contributed by atoms with E-state index in [0.29, 0.717) is 13.1 Å². The van der Waals surface area contributed by atoms with Crippen LogP contribution in [0.1, 0.15) is 33.6 Å². The van der Waals surface area contributed by atoms with Gasteiger partial charge in [0.1, 0.15) is 0 Å². The molecule has 1 aromatic carbocycles. The first-order valence-electron chi connectivity index (χ1n) is 10.2. The number of piperazine rings is 1. The molecule has 1 fully saturated rings. The third kappa shape index (κ3) is 5.35. The fourth-order valence-electron chi connectivity index (χ4n) is 3.84. The van der Waals surface area contributed by atoms with Gasteiger partial charge in [0, 0.05) is 44.4 Å². The number of carbonyl (C=O) groups excluding carboxylic acids is 2. The maximum absolute atomic E-state index is 12.4. The van der Waals surface area contributed by atoms with E-state index in [1.54, 1.807) is 0 Å². The molecule has 1 atom stereocenters. The molecule has 1 aliphatic heterocycles. The van der Waals surface area contributed by atoms with Crippen molar-refractivity contribution in [2.24, 2.45) is 5.41 Å². The van der Waals surface area contributed by atoms with Gasteiger partial charge in [-0.05, 0) is 29.4 Å². The molecule has 1 saturated heterocycles. The maximum Gasteiger partial charge on any atom is 0.237 e. The van der Waals surface area contributed by atoms with Crippen LogP contribution in [0.5, 0.6) is 0 Å². The Kier molecular flexibility index (Phi) is 6.39. The van der Waals surface area contributed by atoms with Gasteiger partial charge in [0.25, 0.3) is 0 Å². The lowest BCUT2D eigenvalue weighted by Gasteiger charge is -2.38. The van der Waals surface area contributed by atoms with Gasteiger partial charge in [0.2, 0.25) is 11.8 Å². The van der Waals surface area contributed by atoms with E-state index in [1.165, 1.54) is 10.9 Å². The largest absolute Gasteiger partial charge is 0.356 e. The second kappa shape index (κ2) is 8.78. The average Bonchev–Trinajstić information content (AvgIpc) is 3.04. The summed E-state index contributed by atoms with van der Waals surface area (Å²) in [6.07, 6.45) is 3.16. The second-order valence-corrected chi connectivity index (χ2v) is 8.81. The Morgan fingerprint density at radius 1 is 1.25 bits per heavy atom. The smallest absolute Gasteiger partial charge is 0.237 e. The molecule has 1 aliphatic rings. The Balaban J connectivity index is 1.47. The lowest BCUT2D eigenvalue weighted by molar-refractivity contribution is -0.134. The van der Waals surface area contributed by atoms with Crippen molar-refractivity contribution in [3.05, 3.63) is 36.5 Å². The minimum Gasteiger partial charge on any atom is -0.356 e. The predicted molar refractivity (Wildman–Crippen MR) is 112 cm³/mol. The van der Waals surface area contributed by atoms with E-state index in [4.69, 9.17) is 0 Å². The molecule has 3 rings (SSSR count). The van der Waals surface area contributed by atoms with Gasteiger partial charge < -0.3 is 15.2 Å². The zero-order chi connectivity index (χ0) is 20.1. The summed E-state index contributed by atoms with van der Waals surface area (Å²) in [6.45, 7) is 10.2. The summed E-state index contributed by atoms with van der Waals surface area (Å²) < 4.78 is 2.21. The number of aromatic nitrogens is 1. The van der Waals surface area contributed by atoms with Crippen molar-refractivity contribution < 1.29 is 9.59 Å². The van der Waals surface area contributed by atoms with Crippen molar-refractivity contribution in [3.63, 3.8) is 0 Å². The van der Waals surface area contributed by atoms with Gasteiger partial charge in [-0.2, -0.15) is 0 Å². The van der Waals surface area contributed by atoms with Crippen LogP contribution < -0.4 is 10.6 Å². The van der Waals surface area contributed by atoms with Crippen LogP contribution in [0.3, 0.4) is 0 Å². The molecule has 2 amide bonds. The Morgan fingerprint density at radius 3 is 2.82 bits per heavy atom. The molecule has 152 valence electrons. The van der Waals surface area contributed by atoms with Crippen LogP contribution in [0.15, 0.2) is 36.5 Å². The van der Waals surface area contributed by atoms with Crippen LogP contribution in [0, 0.1) is 5.41 Å². The van der Waals surface area contributed by atoms with Crippen LogP contribution in [-0.4, -0.2) is 53.5 Å². The monoisotopic (exact) mass is 384 g/mol. The van der Waals surface area contributed by atoms with E-state index in [-0.39, 0.29) is 29.7 Å². The Bertz CT molecular complexity index is 821. The Labute approximate surface area is 167 Å². The summed E-state index contributed by atoms with van der Waals surface area (Å²) in [7, 11) is 0. The van der Waals surface area contributed by atoms with E-state index in [0.717, 1.165) is 26.1 Å². The number of hydrogen-bond acceptors (Lipinski definition) is 3. The highest BCUT2D eigenvalue weighted by molar-refractivity contribution is 5.88. The van der Waals surface area contributed by atoms with E-state index >= 15 is 0 Å². The molecule has 1 aromatic heterocycles. The quantitative estimate of drug-likeness (QED) is 0.721. The number of nitrogens with zero attached hydrogens (tertiary/aromatic N) is 2. The average molecular weight is 385 g/mol. The van der Waals surface area contributed by atoms with Crippen molar-refractivity contribution in [1.29, 1.82) is 0 Å². The van der Waals surface area contributed by atoms with Crippen LogP contribution in [0.2, 0.25) is 0 Å². The van der Waals surface area contributed by atoms with Gasteiger partial charge in [0.15, 0.2) is 0 Å². The number of amides is 2. The zero-order valence-corrected chi connectivity index (χ0v) is 17.2. The van der Waals surface area contributed by atoms with Crippen LogP contribution >= 0.6 is 0 Å². The van der Waals surface area contributed by atoms with Gasteiger partial charge in [-0.3, -0.25) is 14.5 Å². The maximum atomic E-state index is 12.4. The van der Waals surface area contributed by atoms with Gasteiger partial charge in [-0.25, -0.2) is 0 Å². The lowest BCUT2D eigenvalue weighted by atomic mass is 9.94. The molecule has 2 heterocycles. The van der Waals surface area contributed by atoms with Crippen molar-refractivity contribution in [2.75, 3.05) is 26.2 Å². The minimum absolute atomic E-state index is 0.0375. The summed E-state index contributed by atoms with van der Waals surface area (Å²) >= 11 is 0. The number of rotatable bonds is 7. The Hall–Kier alpha value is -2.34. The number of benzene rings is 1. The molecule has 6 nitrogen and oxygen atoms in total. The number of nitrogens with one attached hydrogen (secondary N) is 2. The van der Waals surface area contributed by atoms with Crippen molar-refractivity contribution in [3.8, 4) is 0 Å². The molecule has 2 aromatic rings. The molecule has 0 radical (unpaired) electrons. The highest BCUT2D eigenvalue weighted by atomic mass is 16.2. The molecule has 1 unspecified atom stereocenters. The van der Waals surface area contributed by atoms with Crippen molar-refractivity contribution in [1.82, 2.24) is 20.1 Å². The summed E-state index contributed by atoms with van der Waals surface area (Å²) in [4.78, 5) is 26.9. The van der Waals surface area contributed by atoms with Gasteiger partial charge >= 0.3 is 0 Å². The second-order valence-electron chi connectivity index (χ2n) is 8.81. The molecule has 6 heteroatoms. The predicted octanol–water partition coefficient (Wildman–Crippen LogP) is 2.38. The van der Waals surface area contributed by atoms with Gasteiger partial charge in [0.05, 0.1) is 12.5 Å². The molecule has 0 saturated carbocycles. The topological polar surface area (TPSA) is 66.4 Å². The number of carbonyl (C=O) groups is 2. The number of hydrogen-bond donors (Lipinski definition) is 2. The lowest BCUT2D eigenvalue weighted by Crippen LogP contribution is -2.58. The van der Waals surface area contributed by atoms with Gasteiger partial charge in [-0.15, -0.1) is 0 Å². The van der Waals surface area contributed by atoms with E-state index in [1.807, 2.05) is 12.1 Å². The number of para-hydroxylation sites is 1. The molecule has 0 bridgehead atoms. The molecular formula is C22H32N4O2. The molecule has 0 aliphatic carbocycles. The summed E-state index contributed by atoms with van der Waals surface area (Å²) in [5.74, 6) is -0.0946. The third-order valence-electron chi connectivity index (χ3n) is 5.08. The molecule has 0 spiro atoms. The molecule has 2 N–H and O–H groups in total. The minimum atomic E-state index is -0.374. The summed E-state index contributed by atoms with van der Waals surface area (Å²) in [5, 5.41) is 7.11. The van der Waals surface area contributed by atoms with E-state index in [9.17, 15) is 9.59 Å². The standard InChI is InChI=1S/C22H32N4O2/c1-22(2,3)16-26-14-11-24-21(28)19(26)15-20(27)23-10-6-12-25-13-9-17-7-4-5-8-18(17)25/h4-5,7-9,13,19H,6,10-12,14-16H2,1-3H3,(H,23,27)(H,24,28). The fraction of sp³-hybridized carbons (Fsp3) is 0.545.